The fourth-order valence-electron chi connectivity index (χ4n) is 1.85. The summed E-state index contributed by atoms with van der Waals surface area (Å²) in [5, 5.41) is 8.61. The Morgan fingerprint density at radius 2 is 2.17 bits per heavy atom. The second kappa shape index (κ2) is 10.6. The summed E-state index contributed by atoms with van der Waals surface area (Å²) in [6.45, 7) is 3.84. The third-order valence-electron chi connectivity index (χ3n) is 3.16. The van der Waals surface area contributed by atoms with Gasteiger partial charge in [-0.15, -0.1) is 0 Å². The highest BCUT2D eigenvalue weighted by Gasteiger charge is 2.23. The van der Waals surface area contributed by atoms with Crippen LogP contribution in [-0.4, -0.2) is 23.7 Å². The van der Waals surface area contributed by atoms with Crippen LogP contribution in [0.1, 0.15) is 37.4 Å². The highest BCUT2D eigenvalue weighted by Crippen LogP contribution is 2.20. The Hall–Kier alpha value is -2.18. The molecule has 1 aromatic carbocycles. The van der Waals surface area contributed by atoms with Crippen molar-refractivity contribution in [3.05, 3.63) is 35.4 Å². The maximum atomic E-state index is 12.4. The van der Waals surface area contributed by atoms with Gasteiger partial charge in [0.05, 0.1) is 7.11 Å². The van der Waals surface area contributed by atoms with Gasteiger partial charge in [0.2, 0.25) is 4.99 Å². The molecule has 1 unspecified atom stereocenters. The molecule has 0 saturated carbocycles. The van der Waals surface area contributed by atoms with Gasteiger partial charge in [-0.2, -0.15) is 10.7 Å². The van der Waals surface area contributed by atoms with E-state index in [1.165, 1.54) is 7.11 Å². The van der Waals surface area contributed by atoms with Crippen LogP contribution in [0.2, 0.25) is 0 Å². The second-order valence-electron chi connectivity index (χ2n) is 4.82. The van der Waals surface area contributed by atoms with Crippen molar-refractivity contribution in [1.82, 2.24) is 11.0 Å². The molecular formula is C16H20N4O3S. The molecule has 0 fully saturated rings. The lowest BCUT2D eigenvalue weighted by Gasteiger charge is -2.18. The summed E-state index contributed by atoms with van der Waals surface area (Å²) >= 11 is 4.70. The lowest BCUT2D eigenvalue weighted by molar-refractivity contribution is -0.123. The quantitative estimate of drug-likeness (QED) is 0.422. The van der Waals surface area contributed by atoms with E-state index in [9.17, 15) is 4.79 Å². The molecule has 0 spiro atoms. The van der Waals surface area contributed by atoms with E-state index in [-0.39, 0.29) is 17.5 Å². The monoisotopic (exact) mass is 348 g/mol. The van der Waals surface area contributed by atoms with Gasteiger partial charge in [-0.3, -0.25) is 9.63 Å². The van der Waals surface area contributed by atoms with Gasteiger partial charge in [-0.1, -0.05) is 31.2 Å². The van der Waals surface area contributed by atoms with Gasteiger partial charge in [0, 0.05) is 5.71 Å². The van der Waals surface area contributed by atoms with Gasteiger partial charge < -0.3 is 4.84 Å². The number of carbonyl (C=O) groups is 1. The lowest BCUT2D eigenvalue weighted by atomic mass is 10.0. The van der Waals surface area contributed by atoms with Gasteiger partial charge in [-0.25, -0.2) is 10.5 Å². The van der Waals surface area contributed by atoms with E-state index in [1.807, 2.05) is 13.0 Å². The second-order valence-corrected chi connectivity index (χ2v) is 5.23. The van der Waals surface area contributed by atoms with Crippen molar-refractivity contribution in [2.24, 2.45) is 4.99 Å². The van der Waals surface area contributed by atoms with E-state index < -0.39 is 6.04 Å². The molecule has 8 heteroatoms. The molecule has 0 aliphatic heterocycles. The Morgan fingerprint density at radius 1 is 1.46 bits per heavy atom. The van der Waals surface area contributed by atoms with Gasteiger partial charge >= 0.3 is 0 Å². The normalized spacial score (nSPS) is 12.3. The molecular weight excluding hydrogens is 328 g/mol. The number of nitrogens with one attached hydrogen (secondary N) is 2. The number of hydrogen-bond donors (Lipinski definition) is 2. The summed E-state index contributed by atoms with van der Waals surface area (Å²) in [4.78, 5) is 26.6. The van der Waals surface area contributed by atoms with E-state index >= 15 is 0 Å². The maximum absolute atomic E-state index is 12.4. The smallest absolute Gasteiger partial charge is 0.269 e. The summed E-state index contributed by atoms with van der Waals surface area (Å²) in [6, 6.07) is 8.20. The minimum Gasteiger partial charge on any atom is -0.304 e. The average molecular weight is 348 g/mol. The molecule has 0 aliphatic carbocycles. The van der Waals surface area contributed by atoms with E-state index in [4.69, 9.17) is 27.2 Å². The van der Waals surface area contributed by atoms with Crippen LogP contribution in [-0.2, 0) is 21.1 Å². The summed E-state index contributed by atoms with van der Waals surface area (Å²) in [6.07, 6.45) is 0.686. The van der Waals surface area contributed by atoms with Crippen LogP contribution in [0.4, 0.5) is 0 Å². The molecule has 0 bridgehead atoms. The van der Waals surface area contributed by atoms with E-state index in [1.54, 1.807) is 31.2 Å². The molecule has 128 valence electrons. The van der Waals surface area contributed by atoms with E-state index in [0.717, 1.165) is 11.3 Å². The third kappa shape index (κ3) is 6.14. The topological polar surface area (TPSA) is 95.7 Å². The minimum absolute atomic E-state index is 0.0710. The Morgan fingerprint density at radius 3 is 2.79 bits per heavy atom. The van der Waals surface area contributed by atoms with Crippen molar-refractivity contribution in [1.29, 1.82) is 5.26 Å². The van der Waals surface area contributed by atoms with Crippen molar-refractivity contribution in [2.75, 3.05) is 7.11 Å². The van der Waals surface area contributed by atoms with E-state index in [0.29, 0.717) is 12.0 Å². The summed E-state index contributed by atoms with van der Waals surface area (Å²) in [5.41, 5.74) is 7.16. The molecule has 2 N–H and O–H groups in total. The Bertz CT molecular complexity index is 655. The van der Waals surface area contributed by atoms with Crippen LogP contribution in [0.3, 0.4) is 0 Å². The fraction of sp³-hybridized carbons (Fsp3) is 0.375. The number of hydrogen-bond acceptors (Lipinski definition) is 6. The van der Waals surface area contributed by atoms with E-state index in [2.05, 4.69) is 16.0 Å². The molecule has 0 heterocycles. The number of benzene rings is 1. The molecule has 1 aromatic rings. The van der Waals surface area contributed by atoms with Crippen LogP contribution >= 0.6 is 12.2 Å². The molecule has 0 aliphatic rings. The van der Waals surface area contributed by atoms with Gasteiger partial charge in [0.25, 0.3) is 5.91 Å². The molecule has 0 radical (unpaired) electrons. The molecule has 1 rings (SSSR count). The fourth-order valence-corrected chi connectivity index (χ4v) is 1.90. The van der Waals surface area contributed by atoms with Crippen molar-refractivity contribution in [3.8, 4) is 6.07 Å². The molecule has 7 nitrogen and oxygen atoms in total. The minimum atomic E-state index is -0.765. The van der Waals surface area contributed by atoms with Gasteiger partial charge in [0.15, 0.2) is 0 Å². The number of aliphatic imine (C=N–C) groups is 1. The summed E-state index contributed by atoms with van der Waals surface area (Å²) < 4.78 is 0. The number of nitriles is 1. The number of amides is 1. The van der Waals surface area contributed by atoms with Crippen LogP contribution in [0.25, 0.3) is 0 Å². The zero-order valence-electron chi connectivity index (χ0n) is 13.8. The summed E-state index contributed by atoms with van der Waals surface area (Å²) in [5.74, 6) is -0.357. The standard InChI is InChI=1S/C16H20N4O3S/c1-4-11(2)18-16(21)15(20-22-3)13-8-6-5-7-12(13)10-23-19-14(24)9-17/h5-8,15,20H,4,10H2,1-3H3,(H,19,24). The Labute approximate surface area is 146 Å². The van der Waals surface area contributed by atoms with Crippen LogP contribution < -0.4 is 11.0 Å². The number of carbonyl (C=O) groups excluding carboxylic acids is 1. The number of rotatable bonds is 8. The zero-order chi connectivity index (χ0) is 17.9. The summed E-state index contributed by atoms with van der Waals surface area (Å²) in [7, 11) is 1.43. The third-order valence-corrected chi connectivity index (χ3v) is 3.33. The molecule has 24 heavy (non-hydrogen) atoms. The zero-order valence-corrected chi connectivity index (χ0v) is 14.6. The number of nitrogens with zero attached hydrogens (tertiary/aromatic N) is 2. The largest absolute Gasteiger partial charge is 0.304 e. The molecule has 1 amide bonds. The van der Waals surface area contributed by atoms with Crippen LogP contribution in [0.5, 0.6) is 0 Å². The molecule has 0 aromatic heterocycles. The Kier molecular flexibility index (Phi) is 8.75. The van der Waals surface area contributed by atoms with Crippen molar-refractivity contribution >= 4 is 28.8 Å². The first-order valence-corrected chi connectivity index (χ1v) is 7.70. The van der Waals surface area contributed by atoms with Gasteiger partial charge in [0.1, 0.15) is 18.7 Å². The van der Waals surface area contributed by atoms with Crippen molar-refractivity contribution in [2.45, 2.75) is 32.9 Å². The highest BCUT2D eigenvalue weighted by molar-refractivity contribution is 7.80. The van der Waals surface area contributed by atoms with Crippen molar-refractivity contribution in [3.63, 3.8) is 0 Å². The molecule has 1 atom stereocenters. The lowest BCUT2D eigenvalue weighted by Crippen LogP contribution is -2.29. The number of thiocarbonyl (C=S) groups is 1. The Balaban J connectivity index is 3.00. The first-order chi connectivity index (χ1) is 11.5. The predicted molar refractivity (Wildman–Crippen MR) is 93.9 cm³/mol. The van der Waals surface area contributed by atoms with Crippen LogP contribution in [0, 0.1) is 11.3 Å². The average Bonchev–Trinajstić information content (AvgIpc) is 2.59. The van der Waals surface area contributed by atoms with Crippen LogP contribution in [0.15, 0.2) is 29.3 Å². The molecule has 0 saturated heterocycles. The first-order valence-electron chi connectivity index (χ1n) is 7.29. The highest BCUT2D eigenvalue weighted by atomic mass is 32.1. The number of hydroxylamine groups is 2. The maximum Gasteiger partial charge on any atom is 0.269 e. The van der Waals surface area contributed by atoms with Gasteiger partial charge in [-0.05, 0) is 36.7 Å². The first kappa shape index (κ1) is 19.9. The van der Waals surface area contributed by atoms with Crippen molar-refractivity contribution < 1.29 is 14.5 Å². The SMILES string of the molecule is CCC(C)=NC(=O)C(NOC)c1ccccc1CONC(=S)C#N. The predicted octanol–water partition coefficient (Wildman–Crippen LogP) is 2.15.